The lowest BCUT2D eigenvalue weighted by Crippen LogP contribution is -2.51. The molecule has 0 saturated carbocycles. The van der Waals surface area contributed by atoms with Crippen molar-refractivity contribution < 1.29 is 33.0 Å². The zero-order valence-electron chi connectivity index (χ0n) is 27.3. The fourth-order valence-electron chi connectivity index (χ4n) is 6.11. The molecular weight excluding hydrogens is 615 g/mol. The molecule has 48 heavy (non-hydrogen) atoms. The highest BCUT2D eigenvalue weighted by atomic mass is 19.1. The van der Waals surface area contributed by atoms with E-state index in [0.717, 1.165) is 5.56 Å². The van der Waals surface area contributed by atoms with Crippen LogP contribution in [0.5, 0.6) is 5.75 Å². The minimum atomic E-state index is -1.10. The third-order valence-corrected chi connectivity index (χ3v) is 9.15. The summed E-state index contributed by atoms with van der Waals surface area (Å²) in [7, 11) is 0. The fraction of sp³-hybridized carbons (Fsp3) is 0.405. The number of ether oxygens (including phenoxy) is 2. The summed E-state index contributed by atoms with van der Waals surface area (Å²) in [6.07, 6.45) is 0.951. The Morgan fingerprint density at radius 3 is 2.40 bits per heavy atom. The lowest BCUT2D eigenvalue weighted by molar-refractivity contribution is -0.130. The smallest absolute Gasteiger partial charge is 0.255 e. The minimum Gasteiger partial charge on any atom is -0.491 e. The summed E-state index contributed by atoms with van der Waals surface area (Å²) in [5.74, 6) is -1.99. The van der Waals surface area contributed by atoms with E-state index in [-0.39, 0.29) is 43.3 Å². The molecular formula is C37H43FN4O6. The van der Waals surface area contributed by atoms with E-state index >= 15 is 0 Å². The van der Waals surface area contributed by atoms with E-state index in [1.54, 1.807) is 54.6 Å². The van der Waals surface area contributed by atoms with Crippen molar-refractivity contribution in [3.05, 3.63) is 101 Å². The molecule has 0 bridgehead atoms. The number of amides is 4. The molecule has 2 aliphatic rings. The van der Waals surface area contributed by atoms with Crippen molar-refractivity contribution in [1.29, 1.82) is 0 Å². The first-order valence-electron chi connectivity index (χ1n) is 16.4. The van der Waals surface area contributed by atoms with Gasteiger partial charge in [-0.05, 0) is 60.6 Å². The van der Waals surface area contributed by atoms with Gasteiger partial charge < -0.3 is 30.7 Å². The lowest BCUT2D eigenvalue weighted by Gasteiger charge is -2.38. The number of carbonyl (C=O) groups excluding carboxylic acids is 4. The summed E-state index contributed by atoms with van der Waals surface area (Å²) < 4.78 is 26.0. The topological polar surface area (TPSA) is 135 Å². The third-order valence-electron chi connectivity index (χ3n) is 9.15. The van der Waals surface area contributed by atoms with Crippen molar-refractivity contribution in [3.63, 3.8) is 0 Å². The summed E-state index contributed by atoms with van der Waals surface area (Å²) in [5.41, 5.74) is 1.00. The van der Waals surface area contributed by atoms with Crippen molar-refractivity contribution in [2.45, 2.75) is 63.1 Å². The third kappa shape index (κ3) is 8.57. The number of para-hydroxylation sites is 1. The SMILES string of the molecule is CC(C)[C@@H]1COc2ccccc2C(=O)N[C@H](C(=O)NCC2(c3cccc(F)c3)CCOCC2)CCC(=O)N[C@@H](c2ccccc2)C(=O)N1. The van der Waals surface area contributed by atoms with Gasteiger partial charge in [0.2, 0.25) is 17.7 Å². The van der Waals surface area contributed by atoms with Gasteiger partial charge in [-0.3, -0.25) is 19.2 Å². The van der Waals surface area contributed by atoms with Gasteiger partial charge in [-0.2, -0.15) is 0 Å². The second kappa shape index (κ2) is 15.9. The Labute approximate surface area is 280 Å². The number of nitrogens with one attached hydrogen (secondary N) is 4. The van der Waals surface area contributed by atoms with Crippen LogP contribution in [-0.4, -0.2) is 62.1 Å². The molecule has 2 aliphatic heterocycles. The zero-order valence-corrected chi connectivity index (χ0v) is 27.3. The predicted molar refractivity (Wildman–Crippen MR) is 178 cm³/mol. The molecule has 0 spiro atoms. The number of rotatable bonds is 6. The molecule has 0 aliphatic carbocycles. The largest absolute Gasteiger partial charge is 0.491 e. The second-order valence-electron chi connectivity index (χ2n) is 12.8. The molecule has 3 aromatic carbocycles. The van der Waals surface area contributed by atoms with E-state index < -0.39 is 47.2 Å². The van der Waals surface area contributed by atoms with Gasteiger partial charge in [-0.25, -0.2) is 4.39 Å². The average molecular weight is 659 g/mol. The molecule has 5 rings (SSSR count). The van der Waals surface area contributed by atoms with Crippen molar-refractivity contribution in [1.82, 2.24) is 21.3 Å². The molecule has 11 heteroatoms. The van der Waals surface area contributed by atoms with Crippen LogP contribution in [-0.2, 0) is 24.5 Å². The highest BCUT2D eigenvalue weighted by molar-refractivity contribution is 6.00. The maximum absolute atomic E-state index is 14.3. The van der Waals surface area contributed by atoms with Gasteiger partial charge in [0.05, 0.1) is 11.6 Å². The van der Waals surface area contributed by atoms with Crippen molar-refractivity contribution in [2.75, 3.05) is 26.4 Å². The monoisotopic (exact) mass is 658 g/mol. The number of fused-ring (bicyclic) bond motifs is 1. The van der Waals surface area contributed by atoms with Crippen molar-refractivity contribution >= 4 is 23.6 Å². The highest BCUT2D eigenvalue weighted by Gasteiger charge is 2.36. The summed E-state index contributed by atoms with van der Waals surface area (Å²) in [6.45, 7) is 5.05. The summed E-state index contributed by atoms with van der Waals surface area (Å²) in [5, 5.41) is 11.7. The summed E-state index contributed by atoms with van der Waals surface area (Å²) >= 11 is 0. The van der Waals surface area contributed by atoms with Crippen LogP contribution in [0.4, 0.5) is 4.39 Å². The Kier molecular flexibility index (Phi) is 11.4. The standard InChI is InChI=1S/C37H43FN4O6/c1-24(2)30-22-48-31-14-7-6-13-28(31)34(44)40-29(15-16-32(43)42-33(36(46)41-30)25-9-4-3-5-10-25)35(45)39-23-37(17-19-47-20-18-37)26-11-8-12-27(38)21-26/h3-14,21,24,29-30,33H,15-20,22-23H2,1-2H3,(H,39,45)(H,40,44)(H,41,46)(H,42,43)/t29-,30-,33-/m0/s1. The van der Waals surface area contributed by atoms with E-state index in [0.29, 0.717) is 37.4 Å². The van der Waals surface area contributed by atoms with Gasteiger partial charge in [-0.15, -0.1) is 0 Å². The van der Waals surface area contributed by atoms with E-state index in [1.807, 2.05) is 26.0 Å². The fourth-order valence-corrected chi connectivity index (χ4v) is 6.11. The first-order valence-corrected chi connectivity index (χ1v) is 16.4. The molecule has 1 saturated heterocycles. The lowest BCUT2D eigenvalue weighted by atomic mass is 9.74. The number of hydrogen-bond donors (Lipinski definition) is 4. The highest BCUT2D eigenvalue weighted by Crippen LogP contribution is 2.34. The molecule has 3 aromatic rings. The number of halogens is 1. The molecule has 254 valence electrons. The zero-order chi connectivity index (χ0) is 34.1. The van der Waals surface area contributed by atoms with Gasteiger partial charge >= 0.3 is 0 Å². The average Bonchev–Trinajstić information content (AvgIpc) is 3.10. The molecule has 10 nitrogen and oxygen atoms in total. The molecule has 0 unspecified atom stereocenters. The van der Waals surface area contributed by atoms with Crippen LogP contribution in [0.3, 0.4) is 0 Å². The van der Waals surface area contributed by atoms with E-state index in [4.69, 9.17) is 9.47 Å². The van der Waals surface area contributed by atoms with Crippen LogP contribution >= 0.6 is 0 Å². The van der Waals surface area contributed by atoms with Gasteiger partial charge in [0.25, 0.3) is 5.91 Å². The van der Waals surface area contributed by atoms with Crippen LogP contribution in [0, 0.1) is 11.7 Å². The maximum atomic E-state index is 14.3. The van der Waals surface area contributed by atoms with E-state index in [2.05, 4.69) is 21.3 Å². The summed E-state index contributed by atoms with van der Waals surface area (Å²) in [6, 6.07) is 19.4. The Morgan fingerprint density at radius 1 is 0.938 bits per heavy atom. The summed E-state index contributed by atoms with van der Waals surface area (Å²) in [4.78, 5) is 54.5. The van der Waals surface area contributed by atoms with Gasteiger partial charge in [0.15, 0.2) is 0 Å². The minimum absolute atomic E-state index is 0.0303. The molecule has 1 fully saturated rings. The van der Waals surface area contributed by atoms with E-state index in [1.165, 1.54) is 12.1 Å². The Hall–Kier alpha value is -4.77. The van der Waals surface area contributed by atoms with Crippen molar-refractivity contribution in [2.24, 2.45) is 5.92 Å². The molecule has 4 amide bonds. The van der Waals surface area contributed by atoms with Crippen LogP contribution in [0.1, 0.15) is 67.1 Å². The van der Waals surface area contributed by atoms with Gasteiger partial charge in [0, 0.05) is 31.6 Å². The molecule has 3 atom stereocenters. The van der Waals surface area contributed by atoms with Gasteiger partial charge in [-0.1, -0.05) is 68.4 Å². The first kappa shape index (κ1) is 34.6. The molecule has 0 aromatic heterocycles. The molecule has 4 N–H and O–H groups in total. The molecule has 0 radical (unpaired) electrons. The van der Waals surface area contributed by atoms with Crippen LogP contribution in [0.2, 0.25) is 0 Å². The van der Waals surface area contributed by atoms with Crippen LogP contribution in [0.25, 0.3) is 0 Å². The first-order chi connectivity index (χ1) is 23.1. The predicted octanol–water partition coefficient (Wildman–Crippen LogP) is 3.96. The molecule has 2 heterocycles. The second-order valence-corrected chi connectivity index (χ2v) is 12.8. The van der Waals surface area contributed by atoms with Gasteiger partial charge in [0.1, 0.15) is 30.3 Å². The van der Waals surface area contributed by atoms with Crippen LogP contribution < -0.4 is 26.0 Å². The quantitative estimate of drug-likeness (QED) is 0.317. The number of benzene rings is 3. The maximum Gasteiger partial charge on any atom is 0.255 e. The van der Waals surface area contributed by atoms with Crippen LogP contribution in [0.15, 0.2) is 78.9 Å². The normalized spacial score (nSPS) is 22.1. The number of hydrogen-bond acceptors (Lipinski definition) is 6. The van der Waals surface area contributed by atoms with E-state index in [9.17, 15) is 23.6 Å². The Balaban J connectivity index is 1.42. The Morgan fingerprint density at radius 2 is 1.67 bits per heavy atom. The Bertz CT molecular complexity index is 1590. The van der Waals surface area contributed by atoms with Crippen molar-refractivity contribution in [3.8, 4) is 5.75 Å². The number of carbonyl (C=O) groups is 4.